The second-order valence-electron chi connectivity index (χ2n) is 7.50. The second kappa shape index (κ2) is 6.83. The second-order valence-corrected chi connectivity index (χ2v) is 7.50. The first-order chi connectivity index (χ1) is 12.6. The first-order valence-electron chi connectivity index (χ1n) is 9.32. The van der Waals surface area contributed by atoms with Gasteiger partial charge in [-0.05, 0) is 32.1 Å². The van der Waals surface area contributed by atoms with Crippen LogP contribution in [0.2, 0.25) is 0 Å². The number of likely N-dealkylation sites (tertiary alicyclic amines) is 2. The van der Waals surface area contributed by atoms with E-state index in [2.05, 4.69) is 9.97 Å². The molecule has 26 heavy (non-hydrogen) atoms. The van der Waals surface area contributed by atoms with Crippen LogP contribution in [0, 0.1) is 5.41 Å². The van der Waals surface area contributed by atoms with Gasteiger partial charge < -0.3 is 19.5 Å². The Morgan fingerprint density at radius 1 is 1.23 bits per heavy atom. The minimum atomic E-state index is -0.464. The largest absolute Gasteiger partial charge is 0.381 e. The number of carbonyl (C=O) groups is 2. The first kappa shape index (κ1) is 17.2. The van der Waals surface area contributed by atoms with Crippen LogP contribution in [0.1, 0.15) is 42.6 Å². The lowest BCUT2D eigenvalue weighted by molar-refractivity contribution is -0.150. The van der Waals surface area contributed by atoms with Crippen molar-refractivity contribution in [3.05, 3.63) is 28.4 Å². The molecule has 3 aliphatic rings. The van der Waals surface area contributed by atoms with Crippen molar-refractivity contribution in [1.82, 2.24) is 19.8 Å². The highest BCUT2D eigenvalue weighted by Gasteiger charge is 2.50. The molecule has 1 aromatic heterocycles. The van der Waals surface area contributed by atoms with Crippen molar-refractivity contribution in [2.75, 3.05) is 32.8 Å². The number of aromatic amines is 1. The summed E-state index contributed by atoms with van der Waals surface area (Å²) in [5.74, 6) is -0.0329. The Bertz CT molecular complexity index is 737. The van der Waals surface area contributed by atoms with Gasteiger partial charge in [-0.15, -0.1) is 0 Å². The van der Waals surface area contributed by atoms with E-state index in [0.29, 0.717) is 32.7 Å². The molecule has 2 amide bonds. The Kier molecular flexibility index (Phi) is 4.52. The Labute approximate surface area is 151 Å². The number of hydrogen-bond donors (Lipinski definition) is 1. The molecule has 0 aromatic carbocycles. The zero-order valence-electron chi connectivity index (χ0n) is 14.8. The maximum Gasteiger partial charge on any atom is 0.273 e. The molecule has 0 bridgehead atoms. The molecular weight excluding hydrogens is 336 g/mol. The summed E-state index contributed by atoms with van der Waals surface area (Å²) in [6, 6.07) is 0.263. The summed E-state index contributed by atoms with van der Waals surface area (Å²) < 4.78 is 5.43. The average Bonchev–Trinajstić information content (AvgIpc) is 3.10. The summed E-state index contributed by atoms with van der Waals surface area (Å²) in [4.78, 5) is 47.2. The minimum Gasteiger partial charge on any atom is -0.381 e. The van der Waals surface area contributed by atoms with E-state index in [1.165, 1.54) is 6.20 Å². The van der Waals surface area contributed by atoms with E-state index in [9.17, 15) is 14.4 Å². The molecule has 1 aromatic rings. The quantitative estimate of drug-likeness (QED) is 0.824. The van der Waals surface area contributed by atoms with Gasteiger partial charge in [0.05, 0.1) is 11.6 Å². The highest BCUT2D eigenvalue weighted by molar-refractivity contribution is 5.93. The van der Waals surface area contributed by atoms with E-state index >= 15 is 0 Å². The van der Waals surface area contributed by atoms with E-state index in [0.717, 1.165) is 38.4 Å². The molecule has 8 heteroatoms. The molecule has 4 rings (SSSR count). The maximum atomic E-state index is 13.3. The zero-order chi connectivity index (χ0) is 18.1. The van der Waals surface area contributed by atoms with Crippen molar-refractivity contribution in [3.8, 4) is 0 Å². The molecule has 4 heterocycles. The predicted octanol–water partition coefficient (Wildman–Crippen LogP) is 0.404. The molecule has 0 unspecified atom stereocenters. The van der Waals surface area contributed by atoms with Crippen LogP contribution in [0.4, 0.5) is 0 Å². The summed E-state index contributed by atoms with van der Waals surface area (Å²) in [5.41, 5.74) is -0.589. The number of nitrogens with zero attached hydrogens (tertiary/aromatic N) is 3. The van der Waals surface area contributed by atoms with E-state index in [1.807, 2.05) is 4.90 Å². The Hall–Kier alpha value is -2.22. The Morgan fingerprint density at radius 3 is 2.77 bits per heavy atom. The number of H-pyrrole nitrogens is 1. The van der Waals surface area contributed by atoms with Crippen molar-refractivity contribution in [1.29, 1.82) is 0 Å². The molecule has 1 atom stereocenters. The van der Waals surface area contributed by atoms with Gasteiger partial charge >= 0.3 is 0 Å². The molecular formula is C18H24N4O4. The normalized spacial score (nSPS) is 27.3. The number of nitrogens with one attached hydrogen (secondary N) is 1. The van der Waals surface area contributed by atoms with Crippen molar-refractivity contribution < 1.29 is 14.3 Å². The van der Waals surface area contributed by atoms with Crippen LogP contribution in [-0.2, 0) is 9.53 Å². The first-order valence-corrected chi connectivity index (χ1v) is 9.32. The van der Waals surface area contributed by atoms with Gasteiger partial charge in [0.2, 0.25) is 5.91 Å². The summed E-state index contributed by atoms with van der Waals surface area (Å²) in [6.45, 7) is 3.22. The van der Waals surface area contributed by atoms with Crippen LogP contribution in [-0.4, -0.2) is 70.5 Å². The molecule has 0 saturated carbocycles. The fourth-order valence-electron chi connectivity index (χ4n) is 4.49. The van der Waals surface area contributed by atoms with Crippen molar-refractivity contribution in [2.24, 2.45) is 5.41 Å². The van der Waals surface area contributed by atoms with Crippen LogP contribution in [0.5, 0.6) is 0 Å². The average molecular weight is 360 g/mol. The van der Waals surface area contributed by atoms with Gasteiger partial charge in [0, 0.05) is 45.1 Å². The third kappa shape index (κ3) is 3.02. The van der Waals surface area contributed by atoms with Crippen LogP contribution in [0.3, 0.4) is 0 Å². The van der Waals surface area contributed by atoms with Crippen molar-refractivity contribution >= 4 is 11.8 Å². The van der Waals surface area contributed by atoms with Crippen LogP contribution in [0.25, 0.3) is 0 Å². The molecule has 8 nitrogen and oxygen atoms in total. The third-order valence-corrected chi connectivity index (χ3v) is 5.93. The Morgan fingerprint density at radius 2 is 2.04 bits per heavy atom. The number of rotatable bonds is 2. The van der Waals surface area contributed by atoms with E-state index < -0.39 is 5.41 Å². The van der Waals surface area contributed by atoms with E-state index in [4.69, 9.17) is 4.74 Å². The van der Waals surface area contributed by atoms with Crippen molar-refractivity contribution in [3.63, 3.8) is 0 Å². The van der Waals surface area contributed by atoms with Gasteiger partial charge in [-0.2, -0.15) is 0 Å². The summed E-state index contributed by atoms with van der Waals surface area (Å²) in [7, 11) is 0. The number of hydrogen-bond acceptors (Lipinski definition) is 5. The number of carbonyl (C=O) groups excluding carboxylic acids is 2. The summed E-state index contributed by atoms with van der Waals surface area (Å²) >= 11 is 0. The van der Waals surface area contributed by atoms with Gasteiger partial charge in [0.15, 0.2) is 0 Å². The molecule has 1 N–H and O–H groups in total. The lowest BCUT2D eigenvalue weighted by Gasteiger charge is -2.44. The van der Waals surface area contributed by atoms with Crippen molar-refractivity contribution in [2.45, 2.75) is 38.1 Å². The Balaban J connectivity index is 1.48. The minimum absolute atomic E-state index is 0.195. The fraction of sp³-hybridized carbons (Fsp3) is 0.667. The predicted molar refractivity (Wildman–Crippen MR) is 92.6 cm³/mol. The molecule has 3 aliphatic heterocycles. The molecule has 3 saturated heterocycles. The maximum absolute atomic E-state index is 13.3. The number of aromatic nitrogens is 2. The van der Waals surface area contributed by atoms with Crippen LogP contribution < -0.4 is 5.56 Å². The SMILES string of the molecule is O=C(c1c[nH]c(=O)cn1)N1CC[C@@]2(CCCN(C3CCOCC3)C2=O)C1. The summed E-state index contributed by atoms with van der Waals surface area (Å²) in [6.07, 6.45) is 6.74. The smallest absolute Gasteiger partial charge is 0.273 e. The molecule has 0 aliphatic carbocycles. The molecule has 140 valence electrons. The van der Waals surface area contributed by atoms with Crippen LogP contribution >= 0.6 is 0 Å². The van der Waals surface area contributed by atoms with Gasteiger partial charge in [-0.25, -0.2) is 4.98 Å². The molecule has 0 radical (unpaired) electrons. The monoisotopic (exact) mass is 360 g/mol. The lowest BCUT2D eigenvalue weighted by atomic mass is 9.77. The van der Waals surface area contributed by atoms with E-state index in [-0.39, 0.29) is 29.1 Å². The number of ether oxygens (including phenoxy) is 1. The highest BCUT2D eigenvalue weighted by Crippen LogP contribution is 2.41. The highest BCUT2D eigenvalue weighted by atomic mass is 16.5. The van der Waals surface area contributed by atoms with Gasteiger partial charge in [-0.3, -0.25) is 14.4 Å². The number of piperidine rings is 1. The topological polar surface area (TPSA) is 95.6 Å². The third-order valence-electron chi connectivity index (χ3n) is 5.93. The molecule has 1 spiro atoms. The standard InChI is InChI=1S/C18H24N4O4/c23-15-11-19-14(10-20-15)16(24)21-7-5-18(12-21)4-1-6-22(17(18)25)13-2-8-26-9-3-13/h10-11,13H,1-9,12H2,(H,20,23)/t18-/m0/s1. The fourth-order valence-corrected chi connectivity index (χ4v) is 4.49. The van der Waals surface area contributed by atoms with Gasteiger partial charge in [-0.1, -0.05) is 0 Å². The van der Waals surface area contributed by atoms with E-state index in [1.54, 1.807) is 4.90 Å². The summed E-state index contributed by atoms with van der Waals surface area (Å²) in [5, 5.41) is 0. The zero-order valence-corrected chi connectivity index (χ0v) is 14.8. The number of amides is 2. The van der Waals surface area contributed by atoms with Gasteiger partial charge in [0.25, 0.3) is 11.5 Å². The van der Waals surface area contributed by atoms with Gasteiger partial charge in [0.1, 0.15) is 5.69 Å². The van der Waals surface area contributed by atoms with Crippen LogP contribution in [0.15, 0.2) is 17.2 Å². The molecule has 3 fully saturated rings. The lowest BCUT2D eigenvalue weighted by Crippen LogP contribution is -2.55.